The maximum Gasteiger partial charge on any atom is 0.324 e. The smallest absolute Gasteiger partial charge is 0.324 e. The average molecular weight is 331 g/mol. The van der Waals surface area contributed by atoms with E-state index in [0.29, 0.717) is 20.8 Å². The van der Waals surface area contributed by atoms with Gasteiger partial charge in [0.2, 0.25) is 0 Å². The van der Waals surface area contributed by atoms with Gasteiger partial charge in [-0.25, -0.2) is 0 Å². The van der Waals surface area contributed by atoms with E-state index in [-0.39, 0.29) is 16.7 Å². The fourth-order valence-electron chi connectivity index (χ4n) is 1.23. The third-order valence-corrected chi connectivity index (χ3v) is 5.24. The van der Waals surface area contributed by atoms with Crippen molar-refractivity contribution >= 4 is 45.4 Å². The molecule has 0 aliphatic carbocycles. The number of thioether (sulfide) groups is 1. The molecule has 7 nitrogen and oxygen atoms in total. The Hall–Kier alpha value is -1.52. The van der Waals surface area contributed by atoms with E-state index in [1.807, 2.05) is 0 Å². The van der Waals surface area contributed by atoms with E-state index in [0.717, 1.165) is 11.3 Å². The van der Waals surface area contributed by atoms with Crippen LogP contribution in [0.15, 0.2) is 16.5 Å². The Kier molecular flexibility index (Phi) is 5.04. The zero-order valence-electron chi connectivity index (χ0n) is 10.3. The summed E-state index contributed by atoms with van der Waals surface area (Å²) in [7, 11) is 0. The molecule has 0 saturated heterocycles. The second-order valence-electron chi connectivity index (χ2n) is 3.36. The molecule has 0 N–H and O–H groups in total. The fraction of sp³-hybridized carbons (Fsp3) is 0.300. The van der Waals surface area contributed by atoms with Crippen molar-refractivity contribution in [3.8, 4) is 9.88 Å². The summed E-state index contributed by atoms with van der Waals surface area (Å²) >= 11 is 3.58. The lowest BCUT2D eigenvalue weighted by atomic mass is 10.5. The number of carbonyl (C=O) groups is 1. The predicted octanol–water partition coefficient (Wildman–Crippen LogP) is 2.83. The molecule has 0 bridgehead atoms. The Labute approximate surface area is 126 Å². The van der Waals surface area contributed by atoms with E-state index in [4.69, 9.17) is 4.74 Å². The molecule has 0 aliphatic rings. The van der Waals surface area contributed by atoms with Crippen LogP contribution in [0, 0.1) is 10.1 Å². The van der Waals surface area contributed by atoms with Crippen molar-refractivity contribution in [3.05, 3.63) is 22.2 Å². The molecule has 20 heavy (non-hydrogen) atoms. The lowest BCUT2D eigenvalue weighted by Gasteiger charge is -1.97. The number of carbonyl (C=O) groups excluding carboxylic acids is 1. The van der Waals surface area contributed by atoms with Crippen LogP contribution in [0.25, 0.3) is 9.88 Å². The van der Waals surface area contributed by atoms with Crippen molar-refractivity contribution in [2.75, 3.05) is 12.4 Å². The summed E-state index contributed by atoms with van der Waals surface area (Å²) < 4.78 is 5.44. The third-order valence-electron chi connectivity index (χ3n) is 2.01. The lowest BCUT2D eigenvalue weighted by molar-refractivity contribution is -0.380. The molecule has 2 aromatic heterocycles. The molecule has 106 valence electrons. The summed E-state index contributed by atoms with van der Waals surface area (Å²) in [6.07, 6.45) is 0. The standard InChI is InChI=1S/C10H9N3O4S3/c1-2-17-8(14)5-18-10-12-11-9(20-10)6-3-4-7(19-6)13(15)16/h3-4H,2,5H2,1H3. The average Bonchev–Trinajstić information content (AvgIpc) is 3.05. The number of aromatic nitrogens is 2. The first-order valence-electron chi connectivity index (χ1n) is 5.46. The van der Waals surface area contributed by atoms with Crippen molar-refractivity contribution in [2.24, 2.45) is 0 Å². The van der Waals surface area contributed by atoms with Crippen LogP contribution in [0.5, 0.6) is 0 Å². The van der Waals surface area contributed by atoms with Crippen molar-refractivity contribution in [1.29, 1.82) is 0 Å². The number of hydrogen-bond acceptors (Lipinski definition) is 9. The van der Waals surface area contributed by atoms with Gasteiger partial charge in [-0.2, -0.15) is 0 Å². The highest BCUT2D eigenvalue weighted by atomic mass is 32.2. The predicted molar refractivity (Wildman–Crippen MR) is 77.2 cm³/mol. The van der Waals surface area contributed by atoms with E-state index in [9.17, 15) is 14.9 Å². The highest BCUT2D eigenvalue weighted by Crippen LogP contribution is 2.36. The van der Waals surface area contributed by atoms with Gasteiger partial charge in [0.05, 0.1) is 22.2 Å². The highest BCUT2D eigenvalue weighted by Gasteiger charge is 2.15. The zero-order valence-corrected chi connectivity index (χ0v) is 12.7. The van der Waals surface area contributed by atoms with Gasteiger partial charge in [-0.1, -0.05) is 34.4 Å². The number of thiophene rings is 1. The van der Waals surface area contributed by atoms with Gasteiger partial charge in [-0.3, -0.25) is 14.9 Å². The summed E-state index contributed by atoms with van der Waals surface area (Å²) in [5.41, 5.74) is 0. The van der Waals surface area contributed by atoms with Crippen LogP contribution in [-0.4, -0.2) is 33.4 Å². The van der Waals surface area contributed by atoms with Gasteiger partial charge in [0.1, 0.15) is 0 Å². The molecule has 10 heteroatoms. The topological polar surface area (TPSA) is 95.2 Å². The minimum atomic E-state index is -0.439. The van der Waals surface area contributed by atoms with Crippen LogP contribution < -0.4 is 0 Å². The molecule has 0 unspecified atom stereocenters. The maximum atomic E-state index is 11.2. The Bertz CT molecular complexity index is 625. The Morgan fingerprint density at radius 1 is 1.45 bits per heavy atom. The molecular formula is C10H9N3O4S3. The molecule has 0 saturated carbocycles. The van der Waals surface area contributed by atoms with Gasteiger partial charge in [0.25, 0.3) is 0 Å². The van der Waals surface area contributed by atoms with Crippen molar-refractivity contribution in [2.45, 2.75) is 11.3 Å². The minimum Gasteiger partial charge on any atom is -0.465 e. The van der Waals surface area contributed by atoms with E-state index >= 15 is 0 Å². The fourth-order valence-corrected chi connectivity index (χ4v) is 3.75. The van der Waals surface area contributed by atoms with Gasteiger partial charge in [-0.15, -0.1) is 10.2 Å². The van der Waals surface area contributed by atoms with E-state index in [2.05, 4.69) is 10.2 Å². The third kappa shape index (κ3) is 3.74. The molecule has 0 fully saturated rings. The second-order valence-corrected chi connectivity index (χ2v) is 6.62. The molecule has 0 aromatic carbocycles. The van der Waals surface area contributed by atoms with Gasteiger partial charge in [0.15, 0.2) is 9.35 Å². The van der Waals surface area contributed by atoms with E-state index in [1.165, 1.54) is 29.2 Å². The summed E-state index contributed by atoms with van der Waals surface area (Å²) in [5.74, 6) is -0.131. The molecule has 2 heterocycles. The highest BCUT2D eigenvalue weighted by molar-refractivity contribution is 8.01. The maximum absolute atomic E-state index is 11.2. The molecule has 2 rings (SSSR count). The summed E-state index contributed by atoms with van der Waals surface area (Å²) in [4.78, 5) is 22.1. The summed E-state index contributed by atoms with van der Waals surface area (Å²) in [6, 6.07) is 3.08. The van der Waals surface area contributed by atoms with Gasteiger partial charge in [0, 0.05) is 6.07 Å². The van der Waals surface area contributed by atoms with E-state index in [1.54, 1.807) is 13.0 Å². The van der Waals surface area contributed by atoms with Crippen LogP contribution in [0.2, 0.25) is 0 Å². The molecule has 0 aliphatic heterocycles. The zero-order chi connectivity index (χ0) is 14.5. The van der Waals surface area contributed by atoms with Crippen molar-refractivity contribution in [1.82, 2.24) is 10.2 Å². The largest absolute Gasteiger partial charge is 0.465 e. The van der Waals surface area contributed by atoms with Crippen LogP contribution in [0.4, 0.5) is 5.00 Å². The number of ether oxygens (including phenoxy) is 1. The minimum absolute atomic E-state index is 0.0657. The number of nitro groups is 1. The summed E-state index contributed by atoms with van der Waals surface area (Å²) in [5, 5.41) is 19.2. The quantitative estimate of drug-likeness (QED) is 0.347. The molecule has 0 radical (unpaired) electrons. The first kappa shape index (κ1) is 14.9. The second kappa shape index (κ2) is 6.77. The van der Waals surface area contributed by atoms with Gasteiger partial charge >= 0.3 is 11.0 Å². The van der Waals surface area contributed by atoms with Crippen LogP contribution in [-0.2, 0) is 9.53 Å². The molecule has 2 aromatic rings. The summed E-state index contributed by atoms with van der Waals surface area (Å²) in [6.45, 7) is 2.09. The SMILES string of the molecule is CCOC(=O)CSc1nnc(-c2ccc([N+](=O)[O-])s2)s1. The Morgan fingerprint density at radius 2 is 2.25 bits per heavy atom. The van der Waals surface area contributed by atoms with Crippen molar-refractivity contribution < 1.29 is 14.5 Å². The first-order valence-corrected chi connectivity index (χ1v) is 8.08. The van der Waals surface area contributed by atoms with E-state index < -0.39 is 4.92 Å². The molecule has 0 atom stereocenters. The van der Waals surface area contributed by atoms with Crippen LogP contribution in [0.3, 0.4) is 0 Å². The molecule has 0 amide bonds. The monoisotopic (exact) mass is 331 g/mol. The Balaban J connectivity index is 2.01. The normalized spacial score (nSPS) is 10.4. The van der Waals surface area contributed by atoms with Crippen molar-refractivity contribution in [3.63, 3.8) is 0 Å². The molecule has 0 spiro atoms. The van der Waals surface area contributed by atoms with Crippen LogP contribution >= 0.6 is 34.4 Å². The number of nitrogens with zero attached hydrogens (tertiary/aromatic N) is 3. The van der Waals surface area contributed by atoms with Gasteiger partial charge in [-0.05, 0) is 13.0 Å². The number of hydrogen-bond donors (Lipinski definition) is 0. The first-order chi connectivity index (χ1) is 9.60. The van der Waals surface area contributed by atoms with Gasteiger partial charge < -0.3 is 4.74 Å². The number of rotatable bonds is 6. The Morgan fingerprint density at radius 3 is 2.90 bits per heavy atom. The number of esters is 1. The lowest BCUT2D eigenvalue weighted by Crippen LogP contribution is -2.06. The van der Waals surface area contributed by atoms with Crippen LogP contribution in [0.1, 0.15) is 6.92 Å². The molecular weight excluding hydrogens is 322 g/mol.